The molecule has 0 aromatic heterocycles. The average Bonchev–Trinajstić information content (AvgIpc) is 2.30. The molecule has 1 saturated heterocycles. The number of thiol groups is 2. The molecule has 0 atom stereocenters. The molecule has 0 unspecified atom stereocenters. The van der Waals surface area contributed by atoms with Crippen molar-refractivity contribution in [2.24, 2.45) is 0 Å². The summed E-state index contributed by atoms with van der Waals surface area (Å²) in [5, 5.41) is 0.891. The first-order chi connectivity index (χ1) is 5.91. The van der Waals surface area contributed by atoms with Crippen LogP contribution in [-0.2, 0) is 4.84 Å². The van der Waals surface area contributed by atoms with E-state index in [0.717, 1.165) is 5.06 Å². The van der Waals surface area contributed by atoms with Gasteiger partial charge in [0.25, 0.3) is 5.92 Å². The molecule has 0 radical (unpaired) electrons. The zero-order valence-corrected chi connectivity index (χ0v) is 14.5. The first kappa shape index (κ1) is 14.7. The molecule has 84 valence electrons. The van der Waals surface area contributed by atoms with Crippen molar-refractivity contribution >= 4 is 57.9 Å². The maximum absolute atomic E-state index is 12.6. The Morgan fingerprint density at radius 1 is 1.50 bits per heavy atom. The van der Waals surface area contributed by atoms with Gasteiger partial charge in [-0.2, -0.15) is 3.71 Å². The topological polar surface area (TPSA) is 32.8 Å². The van der Waals surface area contributed by atoms with Gasteiger partial charge in [-0.05, 0) is 25.6 Å². The average molecular weight is 442 g/mol. The van der Waals surface area contributed by atoms with Crippen LogP contribution in [0.4, 0.5) is 13.6 Å². The second-order valence-corrected chi connectivity index (χ2v) is 3.73. The van der Waals surface area contributed by atoms with Crippen molar-refractivity contribution < 1.29 is 18.4 Å². The molecule has 0 aromatic rings. The summed E-state index contributed by atoms with van der Waals surface area (Å²) in [5.41, 5.74) is 0. The van der Waals surface area contributed by atoms with E-state index in [-0.39, 0.29) is 39.2 Å². The molecule has 0 aliphatic carbocycles. The number of alkyl halides is 2. The van der Waals surface area contributed by atoms with Crippen LogP contribution >= 0.6 is 25.6 Å². The normalized spacial score (nSPS) is 20.0. The molecule has 14 heavy (non-hydrogen) atoms. The molecular formula is C5H11BiF2N2O2S2. The Balaban J connectivity index is 0.00000169. The van der Waals surface area contributed by atoms with E-state index < -0.39 is 18.6 Å². The van der Waals surface area contributed by atoms with Crippen molar-refractivity contribution in [3.63, 3.8) is 0 Å². The predicted molar refractivity (Wildman–Crippen MR) is 57.4 cm³/mol. The number of carbonyl (C=O) groups excluding carboxylic acids is 1. The molecule has 1 rings (SSSR count). The van der Waals surface area contributed by atoms with Crippen LogP contribution in [0.15, 0.2) is 0 Å². The molecule has 9 heteroatoms. The van der Waals surface area contributed by atoms with E-state index >= 15 is 0 Å². The van der Waals surface area contributed by atoms with Crippen LogP contribution in [0.25, 0.3) is 0 Å². The molecule has 0 saturated carbocycles. The number of amides is 1. The molecule has 0 spiro atoms. The molecule has 0 N–H and O–H groups in total. The first-order valence-electron chi connectivity index (χ1n) is 3.43. The summed E-state index contributed by atoms with van der Waals surface area (Å²) in [6.07, 6.45) is -1.20. The van der Waals surface area contributed by atoms with E-state index in [1.54, 1.807) is 0 Å². The number of halogens is 2. The van der Waals surface area contributed by atoms with E-state index in [9.17, 15) is 13.6 Å². The van der Waals surface area contributed by atoms with Crippen LogP contribution < -0.4 is 0 Å². The van der Waals surface area contributed by atoms with Gasteiger partial charge in [0.05, 0.1) is 6.54 Å². The molecule has 1 amide bonds. The number of hydrogen-bond acceptors (Lipinski definition) is 5. The first-order valence-corrected chi connectivity index (χ1v) is 4.23. The molecule has 1 aliphatic heterocycles. The quantitative estimate of drug-likeness (QED) is 0.450. The van der Waals surface area contributed by atoms with E-state index in [2.05, 4.69) is 30.5 Å². The van der Waals surface area contributed by atoms with Crippen LogP contribution in [-0.4, -0.2) is 60.1 Å². The number of nitrogens with zero attached hydrogens (tertiary/aromatic N) is 2. The van der Waals surface area contributed by atoms with Crippen molar-refractivity contribution in [1.82, 2.24) is 8.77 Å². The molecule has 1 fully saturated rings. The maximum atomic E-state index is 12.6. The minimum atomic E-state index is -2.78. The van der Waals surface area contributed by atoms with Gasteiger partial charge in [-0.3, -0.25) is 0 Å². The van der Waals surface area contributed by atoms with Gasteiger partial charge in [0.15, 0.2) is 0 Å². The Hall–Kier alpha value is 0.673. The molecule has 1 aliphatic rings. The van der Waals surface area contributed by atoms with Crippen LogP contribution in [0.1, 0.15) is 6.42 Å². The SMILES string of the molecule is O=C(ON1CCC(F)(F)C1)N(S)S.[BiH3]. The Labute approximate surface area is 110 Å². The second-order valence-electron chi connectivity index (χ2n) is 2.62. The van der Waals surface area contributed by atoms with E-state index in [1.165, 1.54) is 0 Å². The number of rotatable bonds is 1. The van der Waals surface area contributed by atoms with Gasteiger partial charge < -0.3 is 4.84 Å². The molecule has 1 heterocycles. The second kappa shape index (κ2) is 5.67. The van der Waals surface area contributed by atoms with Gasteiger partial charge in [-0.1, -0.05) is 0 Å². The Kier molecular flexibility index (Phi) is 5.95. The van der Waals surface area contributed by atoms with Gasteiger partial charge in [-0.15, -0.1) is 5.06 Å². The standard InChI is InChI=1S/C5H8F2N2O2S2.Bi.3H/c6-5(7)1-2-8(3-5)11-4(10)9(12)13;;;;/h12-13H,1-3H2;;;;. The van der Waals surface area contributed by atoms with Gasteiger partial charge in [0.2, 0.25) is 0 Å². The van der Waals surface area contributed by atoms with E-state index in [0.29, 0.717) is 3.71 Å². The summed E-state index contributed by atoms with van der Waals surface area (Å²) >= 11 is 7.04. The minimum absolute atomic E-state index is 0. The molecule has 4 nitrogen and oxygen atoms in total. The third-order valence-corrected chi connectivity index (χ3v) is 1.83. The summed E-state index contributed by atoms with van der Waals surface area (Å²) in [6.45, 7) is -0.553. The summed E-state index contributed by atoms with van der Waals surface area (Å²) in [5.74, 6) is -2.78. The summed E-state index contributed by atoms with van der Waals surface area (Å²) in [6, 6.07) is 0. The van der Waals surface area contributed by atoms with Crippen molar-refractivity contribution in [2.75, 3.05) is 13.1 Å². The summed E-state index contributed by atoms with van der Waals surface area (Å²) in [4.78, 5) is 15.3. The van der Waals surface area contributed by atoms with Gasteiger partial charge in [-0.25, -0.2) is 13.6 Å². The zero-order chi connectivity index (χ0) is 10.1. The van der Waals surface area contributed by atoms with E-state index in [1.807, 2.05) is 0 Å². The van der Waals surface area contributed by atoms with Crippen molar-refractivity contribution in [2.45, 2.75) is 12.3 Å². The molecular weight excluding hydrogens is 431 g/mol. The molecule has 0 aromatic carbocycles. The Morgan fingerprint density at radius 3 is 2.43 bits per heavy atom. The summed E-state index contributed by atoms with van der Waals surface area (Å²) in [7, 11) is 0. The van der Waals surface area contributed by atoms with Crippen LogP contribution in [0.3, 0.4) is 0 Å². The summed E-state index contributed by atoms with van der Waals surface area (Å²) < 4.78 is 25.7. The van der Waals surface area contributed by atoms with Crippen molar-refractivity contribution in [3.05, 3.63) is 0 Å². The molecule has 0 bridgehead atoms. The third kappa shape index (κ3) is 4.46. The predicted octanol–water partition coefficient (Wildman–Crippen LogP) is 0.187. The third-order valence-electron chi connectivity index (χ3n) is 1.51. The fourth-order valence-electron chi connectivity index (χ4n) is 0.929. The van der Waals surface area contributed by atoms with Gasteiger partial charge in [0, 0.05) is 13.0 Å². The van der Waals surface area contributed by atoms with Gasteiger partial charge in [0.1, 0.15) is 0 Å². The van der Waals surface area contributed by atoms with Crippen molar-refractivity contribution in [3.8, 4) is 0 Å². The monoisotopic (exact) mass is 442 g/mol. The van der Waals surface area contributed by atoms with E-state index in [4.69, 9.17) is 0 Å². The number of hydrogen-bond donors (Lipinski definition) is 2. The zero-order valence-electron chi connectivity index (χ0n) is 7.19. The van der Waals surface area contributed by atoms with Crippen LogP contribution in [0.5, 0.6) is 0 Å². The number of hydroxylamine groups is 2. The fraction of sp³-hybridized carbons (Fsp3) is 0.800. The fourth-order valence-corrected chi connectivity index (χ4v) is 1.00. The van der Waals surface area contributed by atoms with Gasteiger partial charge >= 0.3 is 32.3 Å². The van der Waals surface area contributed by atoms with Crippen LogP contribution in [0, 0.1) is 0 Å². The van der Waals surface area contributed by atoms with Crippen molar-refractivity contribution in [1.29, 1.82) is 0 Å². The Morgan fingerprint density at radius 2 is 2.07 bits per heavy atom. The number of carbonyl (C=O) groups is 1. The Bertz CT molecular complexity index is 220. The van der Waals surface area contributed by atoms with Crippen LogP contribution in [0.2, 0.25) is 0 Å².